The van der Waals surface area contributed by atoms with Gasteiger partial charge in [0.2, 0.25) is 0 Å². The summed E-state index contributed by atoms with van der Waals surface area (Å²) in [7, 11) is 2.24. The number of rotatable bonds is 2. The normalized spacial score (nSPS) is 7.36. The first-order chi connectivity index (χ1) is 6.54. The second kappa shape index (κ2) is 17.8. The van der Waals surface area contributed by atoms with Gasteiger partial charge in [0.1, 0.15) is 6.29 Å². The van der Waals surface area contributed by atoms with Crippen molar-refractivity contribution in [1.82, 2.24) is 5.32 Å². The van der Waals surface area contributed by atoms with Gasteiger partial charge in [-0.1, -0.05) is 20.8 Å². The van der Waals surface area contributed by atoms with E-state index in [4.69, 9.17) is 5.11 Å². The van der Waals surface area contributed by atoms with Gasteiger partial charge >= 0.3 is 6.09 Å². The zero-order chi connectivity index (χ0) is 12.0. The molecule has 0 unspecified atom stereocenters. The molecule has 5 heteroatoms. The van der Waals surface area contributed by atoms with Crippen LogP contribution < -0.4 is 5.32 Å². The lowest BCUT2D eigenvalue weighted by Crippen LogP contribution is -2.24. The van der Waals surface area contributed by atoms with E-state index in [1.807, 2.05) is 0 Å². The topological polar surface area (TPSA) is 75.6 Å². The van der Waals surface area contributed by atoms with E-state index in [1.54, 1.807) is 0 Å². The van der Waals surface area contributed by atoms with Crippen LogP contribution in [0.15, 0.2) is 0 Å². The van der Waals surface area contributed by atoms with E-state index in [0.29, 0.717) is 6.29 Å². The minimum Gasteiger partial charge on any atom is -0.453 e. The Kier molecular flexibility index (Phi) is 23.8. The molecule has 0 heterocycles. The molecule has 0 saturated heterocycles. The van der Waals surface area contributed by atoms with Gasteiger partial charge in [0.25, 0.3) is 0 Å². The third-order valence-corrected chi connectivity index (χ3v) is 0.515. The molecule has 14 heavy (non-hydrogen) atoms. The van der Waals surface area contributed by atoms with E-state index in [2.05, 4.69) is 30.8 Å². The molecule has 0 aliphatic rings. The Labute approximate surface area is 85.5 Å². The Balaban J connectivity index is -0.000000170. The van der Waals surface area contributed by atoms with Crippen LogP contribution in [0.4, 0.5) is 4.79 Å². The summed E-state index contributed by atoms with van der Waals surface area (Å²) < 4.78 is 4.14. The predicted molar refractivity (Wildman–Crippen MR) is 55.1 cm³/mol. The first-order valence-corrected chi connectivity index (χ1v) is 4.24. The second-order valence-corrected chi connectivity index (χ2v) is 2.77. The summed E-state index contributed by atoms with van der Waals surface area (Å²) in [4.78, 5) is 19.6. The monoisotopic (exact) mass is 207 g/mol. The van der Waals surface area contributed by atoms with E-state index in [9.17, 15) is 9.59 Å². The van der Waals surface area contributed by atoms with Gasteiger partial charge < -0.3 is 20.0 Å². The van der Waals surface area contributed by atoms with Crippen molar-refractivity contribution in [2.24, 2.45) is 5.92 Å². The number of carbonyl (C=O) groups is 2. The Hall–Kier alpha value is -1.10. The van der Waals surface area contributed by atoms with Gasteiger partial charge in [-0.3, -0.25) is 0 Å². The maximum Gasteiger partial charge on any atom is 0.407 e. The van der Waals surface area contributed by atoms with E-state index in [-0.39, 0.29) is 6.54 Å². The number of alkyl carbamates (subject to hydrolysis) is 1. The molecule has 0 rings (SSSR count). The molecule has 0 aliphatic carbocycles. The predicted octanol–water partition coefficient (Wildman–Crippen LogP) is 0.812. The summed E-state index contributed by atoms with van der Waals surface area (Å²) in [5.41, 5.74) is 0. The number of hydrogen-bond acceptors (Lipinski definition) is 4. The van der Waals surface area contributed by atoms with Crippen LogP contribution in [0.25, 0.3) is 0 Å². The van der Waals surface area contributed by atoms with Gasteiger partial charge in [-0.25, -0.2) is 4.79 Å². The number of ether oxygens (including phenoxy) is 1. The number of carbonyl (C=O) groups excluding carboxylic acids is 2. The van der Waals surface area contributed by atoms with Crippen LogP contribution in [0, 0.1) is 5.92 Å². The number of methoxy groups -OCH3 is 1. The third-order valence-electron chi connectivity index (χ3n) is 0.515. The minimum atomic E-state index is -0.586. The lowest BCUT2D eigenvalue weighted by molar-refractivity contribution is -0.107. The van der Waals surface area contributed by atoms with Crippen LogP contribution in [-0.4, -0.2) is 38.3 Å². The van der Waals surface area contributed by atoms with Crippen molar-refractivity contribution in [2.45, 2.75) is 20.8 Å². The van der Waals surface area contributed by atoms with Crippen molar-refractivity contribution in [3.8, 4) is 0 Å². The van der Waals surface area contributed by atoms with Crippen molar-refractivity contribution in [3.63, 3.8) is 0 Å². The SMILES string of the molecule is CC(C)C.CO.COC(=O)NCC=O. The Morgan fingerprint density at radius 2 is 1.79 bits per heavy atom. The lowest BCUT2D eigenvalue weighted by Gasteiger charge is -1.94. The van der Waals surface area contributed by atoms with Crippen LogP contribution in [-0.2, 0) is 9.53 Å². The number of aliphatic hydroxyl groups excluding tert-OH is 1. The average Bonchev–Trinajstić information content (AvgIpc) is 2.16. The second-order valence-electron chi connectivity index (χ2n) is 2.77. The molecule has 0 aromatic heterocycles. The van der Waals surface area contributed by atoms with Crippen LogP contribution in [0.3, 0.4) is 0 Å². The van der Waals surface area contributed by atoms with E-state index < -0.39 is 6.09 Å². The fourth-order valence-electron chi connectivity index (χ4n) is 0.197. The molecule has 86 valence electrons. The highest BCUT2D eigenvalue weighted by Crippen LogP contribution is 1.81. The summed E-state index contributed by atoms with van der Waals surface area (Å²) in [6.45, 7) is 6.51. The Bertz CT molecular complexity index is 123. The Morgan fingerprint density at radius 1 is 1.43 bits per heavy atom. The summed E-state index contributed by atoms with van der Waals surface area (Å²) in [6, 6.07) is 0. The smallest absolute Gasteiger partial charge is 0.407 e. The third kappa shape index (κ3) is 44.5. The molecule has 0 bridgehead atoms. The van der Waals surface area contributed by atoms with Crippen molar-refractivity contribution >= 4 is 12.4 Å². The summed E-state index contributed by atoms with van der Waals surface area (Å²) in [6.07, 6.45) is -0.00574. The molecule has 0 atom stereocenters. The summed E-state index contributed by atoms with van der Waals surface area (Å²) in [5.74, 6) is 0.833. The molecular formula is C9H21NO4. The number of nitrogens with one attached hydrogen (secondary N) is 1. The van der Waals surface area contributed by atoms with Gasteiger partial charge in [-0.05, 0) is 5.92 Å². The fraction of sp³-hybridized carbons (Fsp3) is 0.778. The molecule has 0 spiro atoms. The molecule has 0 aliphatic heterocycles. The van der Waals surface area contributed by atoms with E-state index in [1.165, 1.54) is 7.11 Å². The number of aliphatic hydroxyl groups is 1. The summed E-state index contributed by atoms with van der Waals surface area (Å²) in [5, 5.41) is 9.15. The van der Waals surface area contributed by atoms with E-state index in [0.717, 1.165) is 13.0 Å². The number of aldehydes is 1. The minimum absolute atomic E-state index is 0.00662. The van der Waals surface area contributed by atoms with Crippen LogP contribution >= 0.6 is 0 Å². The Morgan fingerprint density at radius 3 is 2.00 bits per heavy atom. The number of amides is 1. The molecule has 5 nitrogen and oxygen atoms in total. The largest absolute Gasteiger partial charge is 0.453 e. The standard InChI is InChI=1S/C4H7NO3.C4H10.CH4O/c1-8-4(7)5-2-3-6;1-4(2)3;1-2/h3H,2H2,1H3,(H,5,7);4H,1-3H3;2H,1H3. The molecule has 0 radical (unpaired) electrons. The maximum atomic E-state index is 10.1. The maximum absolute atomic E-state index is 10.1. The average molecular weight is 207 g/mol. The fourth-order valence-corrected chi connectivity index (χ4v) is 0.197. The first-order valence-electron chi connectivity index (χ1n) is 4.24. The quantitative estimate of drug-likeness (QED) is 0.657. The molecule has 0 aromatic carbocycles. The molecule has 0 aromatic rings. The first kappa shape index (κ1) is 18.6. The van der Waals surface area contributed by atoms with Crippen LogP contribution in [0.1, 0.15) is 20.8 Å². The molecule has 0 fully saturated rings. The molecule has 1 amide bonds. The van der Waals surface area contributed by atoms with Crippen LogP contribution in [0.2, 0.25) is 0 Å². The number of hydrogen-bond donors (Lipinski definition) is 2. The van der Waals surface area contributed by atoms with Gasteiger partial charge in [-0.2, -0.15) is 0 Å². The van der Waals surface area contributed by atoms with Gasteiger partial charge in [-0.15, -0.1) is 0 Å². The molecule has 0 saturated carbocycles. The highest BCUT2D eigenvalue weighted by molar-refractivity contribution is 5.70. The lowest BCUT2D eigenvalue weighted by atomic mass is 10.3. The highest BCUT2D eigenvalue weighted by atomic mass is 16.5. The van der Waals surface area contributed by atoms with Crippen molar-refractivity contribution < 1.29 is 19.4 Å². The highest BCUT2D eigenvalue weighted by Gasteiger charge is 1.92. The van der Waals surface area contributed by atoms with Crippen molar-refractivity contribution in [2.75, 3.05) is 20.8 Å². The van der Waals surface area contributed by atoms with Gasteiger partial charge in [0.15, 0.2) is 0 Å². The van der Waals surface area contributed by atoms with Gasteiger partial charge in [0, 0.05) is 7.11 Å². The zero-order valence-corrected chi connectivity index (χ0v) is 9.53. The molecular weight excluding hydrogens is 186 g/mol. The van der Waals surface area contributed by atoms with Crippen LogP contribution in [0.5, 0.6) is 0 Å². The van der Waals surface area contributed by atoms with E-state index >= 15 is 0 Å². The molecule has 2 N–H and O–H groups in total. The zero-order valence-electron chi connectivity index (χ0n) is 9.53. The van der Waals surface area contributed by atoms with Crippen molar-refractivity contribution in [3.05, 3.63) is 0 Å². The summed E-state index contributed by atoms with van der Waals surface area (Å²) >= 11 is 0. The van der Waals surface area contributed by atoms with Gasteiger partial charge in [0.05, 0.1) is 13.7 Å². The van der Waals surface area contributed by atoms with Crippen molar-refractivity contribution in [1.29, 1.82) is 0 Å².